The molecule has 16 heavy (non-hydrogen) atoms. The van der Waals surface area contributed by atoms with E-state index in [9.17, 15) is 5.11 Å². The second-order valence-corrected chi connectivity index (χ2v) is 5.13. The number of nitrogens with two attached hydrogens (primary N) is 1. The molecule has 0 heterocycles. The molecule has 0 spiro atoms. The van der Waals surface area contributed by atoms with Crippen molar-refractivity contribution in [3.8, 4) is 0 Å². The lowest BCUT2D eigenvalue weighted by Crippen LogP contribution is -2.28. The van der Waals surface area contributed by atoms with Crippen molar-refractivity contribution < 1.29 is 5.11 Å². The van der Waals surface area contributed by atoms with Crippen molar-refractivity contribution in [2.45, 2.75) is 19.9 Å². The minimum atomic E-state index is -0.269. The average Bonchev–Trinajstić information content (AvgIpc) is 2.17. The zero-order valence-electron chi connectivity index (χ0n) is 9.45. The summed E-state index contributed by atoms with van der Waals surface area (Å²) in [6.45, 7) is 4.12. The van der Waals surface area contributed by atoms with Gasteiger partial charge in [0.05, 0.1) is 0 Å². The second kappa shape index (κ2) is 5.87. The fraction of sp³-hybridized carbons (Fsp3) is 0.500. The van der Waals surface area contributed by atoms with Gasteiger partial charge in [-0.2, -0.15) is 0 Å². The van der Waals surface area contributed by atoms with Crippen LogP contribution in [0.4, 0.5) is 0 Å². The summed E-state index contributed by atoms with van der Waals surface area (Å²) in [7, 11) is 0. The molecule has 0 saturated carbocycles. The molecule has 1 aromatic rings. The number of rotatable bonds is 4. The standard InChI is InChI=1S/C12H17Cl2NO/c1-7(2)10(6-16)12(15)9-4-3-8(13)5-11(9)14/h3-5,7,10,12,16H,6,15H2,1-2H3. The Labute approximate surface area is 106 Å². The van der Waals surface area contributed by atoms with Crippen molar-refractivity contribution in [3.63, 3.8) is 0 Å². The highest BCUT2D eigenvalue weighted by Crippen LogP contribution is 2.31. The number of halogens is 2. The molecule has 1 aromatic carbocycles. The van der Waals surface area contributed by atoms with Crippen LogP contribution in [0.3, 0.4) is 0 Å². The summed E-state index contributed by atoms with van der Waals surface area (Å²) >= 11 is 11.9. The molecule has 4 heteroatoms. The van der Waals surface area contributed by atoms with Crippen molar-refractivity contribution in [1.29, 1.82) is 0 Å². The summed E-state index contributed by atoms with van der Waals surface area (Å²) in [5.41, 5.74) is 6.95. The van der Waals surface area contributed by atoms with E-state index in [0.29, 0.717) is 16.0 Å². The lowest BCUT2D eigenvalue weighted by atomic mass is 9.86. The Kier molecular flexibility index (Phi) is 5.06. The highest BCUT2D eigenvalue weighted by molar-refractivity contribution is 6.35. The molecule has 2 atom stereocenters. The van der Waals surface area contributed by atoms with Crippen molar-refractivity contribution in [3.05, 3.63) is 33.8 Å². The maximum absolute atomic E-state index is 9.32. The van der Waals surface area contributed by atoms with Gasteiger partial charge in [-0.1, -0.05) is 43.1 Å². The van der Waals surface area contributed by atoms with Crippen LogP contribution in [0.25, 0.3) is 0 Å². The van der Waals surface area contributed by atoms with Gasteiger partial charge in [-0.3, -0.25) is 0 Å². The zero-order valence-corrected chi connectivity index (χ0v) is 11.0. The Hall–Kier alpha value is -0.280. The molecular weight excluding hydrogens is 245 g/mol. The molecule has 90 valence electrons. The second-order valence-electron chi connectivity index (χ2n) is 4.28. The van der Waals surface area contributed by atoms with Crippen LogP contribution in [-0.4, -0.2) is 11.7 Å². The Balaban J connectivity index is 2.99. The van der Waals surface area contributed by atoms with Gasteiger partial charge in [0.25, 0.3) is 0 Å². The third kappa shape index (κ3) is 3.11. The largest absolute Gasteiger partial charge is 0.396 e. The van der Waals surface area contributed by atoms with Crippen LogP contribution in [-0.2, 0) is 0 Å². The van der Waals surface area contributed by atoms with Crippen LogP contribution in [0.2, 0.25) is 10.0 Å². The number of hydrogen-bond donors (Lipinski definition) is 2. The summed E-state index contributed by atoms with van der Waals surface area (Å²) in [4.78, 5) is 0. The molecule has 0 aliphatic rings. The Morgan fingerprint density at radius 1 is 1.31 bits per heavy atom. The van der Waals surface area contributed by atoms with Gasteiger partial charge in [0.15, 0.2) is 0 Å². The first kappa shape index (κ1) is 13.8. The van der Waals surface area contributed by atoms with Gasteiger partial charge >= 0.3 is 0 Å². The topological polar surface area (TPSA) is 46.2 Å². The van der Waals surface area contributed by atoms with E-state index in [-0.39, 0.29) is 18.6 Å². The summed E-state index contributed by atoms with van der Waals surface area (Å²) in [5.74, 6) is 0.297. The van der Waals surface area contributed by atoms with Gasteiger partial charge in [0, 0.05) is 28.6 Å². The van der Waals surface area contributed by atoms with Crippen molar-refractivity contribution >= 4 is 23.2 Å². The summed E-state index contributed by atoms with van der Waals surface area (Å²) in [6, 6.07) is 4.99. The molecule has 0 amide bonds. The monoisotopic (exact) mass is 261 g/mol. The summed E-state index contributed by atoms with van der Waals surface area (Å²) in [6.07, 6.45) is 0. The fourth-order valence-corrected chi connectivity index (χ4v) is 2.28. The van der Waals surface area contributed by atoms with E-state index in [1.165, 1.54) is 0 Å². The van der Waals surface area contributed by atoms with Crippen LogP contribution < -0.4 is 5.73 Å². The van der Waals surface area contributed by atoms with Crippen molar-refractivity contribution in [2.75, 3.05) is 6.61 Å². The highest BCUT2D eigenvalue weighted by atomic mass is 35.5. The maximum atomic E-state index is 9.32. The van der Waals surface area contributed by atoms with Crippen LogP contribution in [0, 0.1) is 11.8 Å². The molecule has 0 aromatic heterocycles. The predicted molar refractivity (Wildman–Crippen MR) is 68.8 cm³/mol. The molecule has 2 unspecified atom stereocenters. The van der Waals surface area contributed by atoms with Crippen LogP contribution >= 0.6 is 23.2 Å². The zero-order chi connectivity index (χ0) is 12.3. The smallest absolute Gasteiger partial charge is 0.0479 e. The number of aliphatic hydroxyl groups excluding tert-OH is 1. The van der Waals surface area contributed by atoms with E-state index >= 15 is 0 Å². The maximum Gasteiger partial charge on any atom is 0.0479 e. The molecule has 1 rings (SSSR count). The predicted octanol–water partition coefficient (Wildman–Crippen LogP) is 3.26. The first-order valence-corrected chi connectivity index (χ1v) is 6.04. The molecule has 0 saturated heterocycles. The van der Waals surface area contributed by atoms with Crippen molar-refractivity contribution in [2.24, 2.45) is 17.6 Å². The Bertz CT molecular complexity index is 355. The van der Waals surface area contributed by atoms with E-state index in [2.05, 4.69) is 0 Å². The van der Waals surface area contributed by atoms with Gasteiger partial charge in [-0.25, -0.2) is 0 Å². The lowest BCUT2D eigenvalue weighted by molar-refractivity contribution is 0.166. The minimum Gasteiger partial charge on any atom is -0.396 e. The summed E-state index contributed by atoms with van der Waals surface area (Å²) in [5, 5.41) is 10.5. The molecular formula is C12H17Cl2NO. The Morgan fingerprint density at radius 3 is 2.38 bits per heavy atom. The van der Waals surface area contributed by atoms with Gasteiger partial charge in [0.2, 0.25) is 0 Å². The summed E-state index contributed by atoms with van der Waals surface area (Å²) < 4.78 is 0. The van der Waals surface area contributed by atoms with Crippen LogP contribution in [0.15, 0.2) is 18.2 Å². The third-order valence-corrected chi connectivity index (χ3v) is 3.41. The molecule has 0 bridgehead atoms. The number of hydrogen-bond acceptors (Lipinski definition) is 2. The molecule has 3 N–H and O–H groups in total. The van der Waals surface area contributed by atoms with Crippen molar-refractivity contribution in [1.82, 2.24) is 0 Å². The minimum absolute atomic E-state index is 0.00123. The van der Waals surface area contributed by atoms with E-state index in [1.807, 2.05) is 19.9 Å². The first-order valence-electron chi connectivity index (χ1n) is 5.28. The van der Waals surface area contributed by atoms with Crippen LogP contribution in [0.5, 0.6) is 0 Å². The van der Waals surface area contributed by atoms with Gasteiger partial charge in [-0.05, 0) is 23.6 Å². The molecule has 0 aliphatic carbocycles. The third-order valence-electron chi connectivity index (χ3n) is 2.85. The van der Waals surface area contributed by atoms with E-state index in [0.717, 1.165) is 5.56 Å². The molecule has 0 radical (unpaired) electrons. The van der Waals surface area contributed by atoms with Crippen LogP contribution in [0.1, 0.15) is 25.5 Å². The normalized spacial score (nSPS) is 15.2. The average molecular weight is 262 g/mol. The fourth-order valence-electron chi connectivity index (χ4n) is 1.74. The molecule has 2 nitrogen and oxygen atoms in total. The van der Waals surface area contributed by atoms with E-state index < -0.39 is 0 Å². The first-order chi connectivity index (χ1) is 7.47. The quantitative estimate of drug-likeness (QED) is 0.874. The van der Waals surface area contributed by atoms with Gasteiger partial charge in [0.1, 0.15) is 0 Å². The molecule has 0 fully saturated rings. The van der Waals surface area contributed by atoms with Gasteiger partial charge < -0.3 is 10.8 Å². The van der Waals surface area contributed by atoms with E-state index in [4.69, 9.17) is 28.9 Å². The number of aliphatic hydroxyl groups is 1. The number of benzene rings is 1. The SMILES string of the molecule is CC(C)C(CO)C(N)c1ccc(Cl)cc1Cl. The lowest BCUT2D eigenvalue weighted by Gasteiger charge is -2.26. The van der Waals surface area contributed by atoms with E-state index in [1.54, 1.807) is 12.1 Å². The molecule has 0 aliphatic heterocycles. The highest BCUT2D eigenvalue weighted by Gasteiger charge is 2.23. The van der Waals surface area contributed by atoms with Gasteiger partial charge in [-0.15, -0.1) is 0 Å². The Morgan fingerprint density at radius 2 is 1.94 bits per heavy atom.